The first kappa shape index (κ1) is 17.7. The first-order valence-corrected chi connectivity index (χ1v) is 10.5. The molecule has 8 nitrogen and oxygen atoms in total. The highest BCUT2D eigenvalue weighted by Gasteiger charge is 2.57. The van der Waals surface area contributed by atoms with Crippen LogP contribution in [0.3, 0.4) is 0 Å². The van der Waals surface area contributed by atoms with Crippen molar-refractivity contribution in [2.45, 2.75) is 17.2 Å². The molecule has 4 heterocycles. The largest absolute Gasteiger partial charge is 0.380 e. The molecule has 0 spiro atoms. The highest BCUT2D eigenvalue weighted by Crippen LogP contribution is 2.47. The monoisotopic (exact) mass is 413 g/mol. The number of aromatic nitrogens is 2. The Kier molecular flexibility index (Phi) is 4.18. The van der Waals surface area contributed by atoms with E-state index >= 15 is 0 Å². The number of halogens is 1. The molecule has 0 saturated carbocycles. The molecule has 0 aliphatic carbocycles. The minimum absolute atomic E-state index is 0.0466. The normalized spacial score (nSPS) is 27.7. The highest BCUT2D eigenvalue weighted by molar-refractivity contribution is 7.90. The van der Waals surface area contributed by atoms with E-state index in [9.17, 15) is 8.42 Å². The van der Waals surface area contributed by atoms with Crippen LogP contribution >= 0.6 is 22.9 Å². The summed E-state index contributed by atoms with van der Waals surface area (Å²) in [5.41, 5.74) is -0.187. The van der Waals surface area contributed by atoms with Gasteiger partial charge < -0.3 is 10.1 Å². The summed E-state index contributed by atoms with van der Waals surface area (Å²) in [7, 11) is -2.38. The van der Waals surface area contributed by atoms with Gasteiger partial charge in [0.05, 0.1) is 22.0 Å². The zero-order chi connectivity index (χ0) is 18.5. The lowest BCUT2D eigenvalue weighted by Gasteiger charge is -2.49. The molecule has 0 aromatic carbocycles. The van der Waals surface area contributed by atoms with Crippen molar-refractivity contribution in [2.75, 3.05) is 20.3 Å². The van der Waals surface area contributed by atoms with E-state index in [-0.39, 0.29) is 12.6 Å². The molecule has 11 heteroatoms. The molecule has 2 unspecified atom stereocenters. The van der Waals surface area contributed by atoms with Gasteiger partial charge >= 0.3 is 0 Å². The average molecular weight is 414 g/mol. The zero-order valence-electron chi connectivity index (χ0n) is 13.8. The number of guanidine groups is 1. The van der Waals surface area contributed by atoms with Crippen LogP contribution in [-0.4, -0.2) is 54.2 Å². The quantitative estimate of drug-likeness (QED) is 0.774. The van der Waals surface area contributed by atoms with Crippen molar-refractivity contribution in [3.8, 4) is 10.4 Å². The van der Waals surface area contributed by atoms with Gasteiger partial charge in [0.25, 0.3) is 0 Å². The topological polar surface area (TPSA) is 108 Å². The van der Waals surface area contributed by atoms with Gasteiger partial charge in [-0.1, -0.05) is 11.6 Å². The summed E-state index contributed by atoms with van der Waals surface area (Å²) >= 11 is 7.92. The Bertz CT molecular complexity index is 965. The summed E-state index contributed by atoms with van der Waals surface area (Å²) in [5, 5.41) is 10.8. The Morgan fingerprint density at radius 2 is 2.19 bits per heavy atom. The van der Waals surface area contributed by atoms with Gasteiger partial charge in [-0.05, 0) is 6.07 Å². The molecule has 138 valence electrons. The Morgan fingerprint density at radius 3 is 2.92 bits per heavy atom. The molecule has 2 N–H and O–H groups in total. The lowest BCUT2D eigenvalue weighted by atomic mass is 9.87. The minimum Gasteiger partial charge on any atom is -0.380 e. The highest BCUT2D eigenvalue weighted by atomic mass is 35.5. The second-order valence-corrected chi connectivity index (χ2v) is 9.79. The number of hydrogen-bond acceptors (Lipinski definition) is 7. The fourth-order valence-electron chi connectivity index (χ4n) is 3.38. The van der Waals surface area contributed by atoms with Gasteiger partial charge in [0.1, 0.15) is 11.6 Å². The van der Waals surface area contributed by atoms with Crippen LogP contribution in [-0.2, 0) is 20.3 Å². The second kappa shape index (κ2) is 6.15. The van der Waals surface area contributed by atoms with Crippen molar-refractivity contribution in [1.29, 1.82) is 5.41 Å². The molecule has 0 bridgehead atoms. The number of thiophene rings is 1. The predicted octanol–water partition coefficient (Wildman–Crippen LogP) is 1.64. The van der Waals surface area contributed by atoms with Crippen molar-refractivity contribution in [1.82, 2.24) is 19.6 Å². The van der Waals surface area contributed by atoms with Crippen molar-refractivity contribution in [3.63, 3.8) is 0 Å². The van der Waals surface area contributed by atoms with E-state index in [1.165, 1.54) is 24.7 Å². The third-order valence-corrected chi connectivity index (χ3v) is 8.77. The predicted molar refractivity (Wildman–Crippen MR) is 98.8 cm³/mol. The van der Waals surface area contributed by atoms with Crippen molar-refractivity contribution in [3.05, 3.63) is 34.7 Å². The number of nitrogens with zero attached hydrogens (tertiary/aromatic N) is 3. The Hall–Kier alpha value is -1.75. The van der Waals surface area contributed by atoms with Crippen LogP contribution in [0.1, 0.15) is 11.3 Å². The van der Waals surface area contributed by atoms with Crippen molar-refractivity contribution >= 4 is 38.9 Å². The lowest BCUT2D eigenvalue weighted by molar-refractivity contribution is 0.0442. The maximum absolute atomic E-state index is 12.9. The Morgan fingerprint density at radius 1 is 1.46 bits per heavy atom. The first-order chi connectivity index (χ1) is 12.4. The number of ether oxygens (including phenoxy) is 1. The van der Waals surface area contributed by atoms with E-state index in [0.29, 0.717) is 22.9 Å². The fraction of sp³-hybridized carbons (Fsp3) is 0.400. The Labute approximate surface area is 159 Å². The smallest absolute Gasteiger partial charge is 0.245 e. The summed E-state index contributed by atoms with van der Waals surface area (Å²) in [4.78, 5) is 9.57. The van der Waals surface area contributed by atoms with E-state index in [1.807, 2.05) is 0 Å². The van der Waals surface area contributed by atoms with Gasteiger partial charge in [0.15, 0.2) is 0 Å². The van der Waals surface area contributed by atoms with Crippen molar-refractivity contribution in [2.24, 2.45) is 0 Å². The molecule has 26 heavy (non-hydrogen) atoms. The first-order valence-electron chi connectivity index (χ1n) is 7.83. The van der Waals surface area contributed by atoms with Gasteiger partial charge in [0, 0.05) is 42.9 Å². The van der Waals surface area contributed by atoms with E-state index < -0.39 is 20.8 Å². The number of sulfonamides is 1. The molecule has 2 aliphatic rings. The molecule has 2 aromatic rings. The van der Waals surface area contributed by atoms with Gasteiger partial charge in [-0.2, -0.15) is 0 Å². The van der Waals surface area contributed by atoms with Gasteiger partial charge in [-0.3, -0.25) is 5.41 Å². The lowest BCUT2D eigenvalue weighted by Crippen LogP contribution is -2.69. The summed E-state index contributed by atoms with van der Waals surface area (Å²) < 4.78 is 32.3. The maximum Gasteiger partial charge on any atom is 0.245 e. The minimum atomic E-state index is -3.75. The number of fused-ring (bicyclic) bond motifs is 1. The summed E-state index contributed by atoms with van der Waals surface area (Å²) in [6, 6.07) is 1.79. The van der Waals surface area contributed by atoms with Crippen LogP contribution in [0, 0.1) is 5.41 Å². The third-order valence-electron chi connectivity index (χ3n) is 4.79. The van der Waals surface area contributed by atoms with Gasteiger partial charge in [-0.25, -0.2) is 22.7 Å². The number of hydrogen-bond donors (Lipinski definition) is 2. The Balaban J connectivity index is 1.87. The molecule has 2 saturated heterocycles. The maximum atomic E-state index is 12.9. The molecule has 4 rings (SSSR count). The molecule has 0 amide bonds. The summed E-state index contributed by atoms with van der Waals surface area (Å²) in [6.45, 7) is 0.430. The van der Waals surface area contributed by atoms with E-state index in [1.54, 1.807) is 18.5 Å². The van der Waals surface area contributed by atoms with Crippen LogP contribution in [0.15, 0.2) is 24.8 Å². The van der Waals surface area contributed by atoms with Gasteiger partial charge in [0.2, 0.25) is 16.0 Å². The molecular weight excluding hydrogens is 398 g/mol. The van der Waals surface area contributed by atoms with Crippen molar-refractivity contribution < 1.29 is 13.2 Å². The summed E-state index contributed by atoms with van der Waals surface area (Å²) in [5.74, 6) is -0.169. The standard InChI is InChI=1S/C15H16ClN5O3S2/c1-21-14(17)20-15(2-3-24-7-12(15)26(21,22)23)13-10(16)4-11(25-13)9-5-18-8-19-6-9/h4-6,8,12H,2-3,7H2,1H3,(H2,17,20). The van der Waals surface area contributed by atoms with Crippen LogP contribution in [0.5, 0.6) is 0 Å². The molecule has 2 fully saturated rings. The van der Waals surface area contributed by atoms with Crippen LogP contribution in [0.25, 0.3) is 10.4 Å². The van der Waals surface area contributed by atoms with E-state index in [2.05, 4.69) is 15.3 Å². The summed E-state index contributed by atoms with van der Waals surface area (Å²) in [6.07, 6.45) is 5.20. The third kappa shape index (κ3) is 2.51. The van der Waals surface area contributed by atoms with Crippen LogP contribution in [0.4, 0.5) is 0 Å². The fourth-order valence-corrected chi connectivity index (χ4v) is 6.92. The van der Waals surface area contributed by atoms with E-state index in [4.69, 9.17) is 21.7 Å². The molecule has 2 atom stereocenters. The van der Waals surface area contributed by atoms with Gasteiger partial charge in [-0.15, -0.1) is 11.3 Å². The van der Waals surface area contributed by atoms with Crippen LogP contribution in [0.2, 0.25) is 5.02 Å². The number of nitrogens with one attached hydrogen (secondary N) is 2. The van der Waals surface area contributed by atoms with E-state index in [0.717, 1.165) is 14.7 Å². The molecular formula is C15H16ClN5O3S2. The second-order valence-electron chi connectivity index (χ2n) is 6.19. The van der Waals surface area contributed by atoms with Crippen LogP contribution < -0.4 is 5.32 Å². The molecule has 2 aromatic heterocycles. The molecule has 2 aliphatic heterocycles. The SMILES string of the molecule is CN1C(=N)NC2(c3sc(-c4cncnc4)cc3Cl)CCOCC2S1(=O)=O. The molecule has 0 radical (unpaired) electrons. The average Bonchev–Trinajstić information content (AvgIpc) is 3.03. The zero-order valence-corrected chi connectivity index (χ0v) is 16.2. The number of rotatable bonds is 2.